The largest absolute Gasteiger partial charge is 0.497 e. The van der Waals surface area contributed by atoms with Gasteiger partial charge in [0.2, 0.25) is 11.9 Å². The van der Waals surface area contributed by atoms with E-state index in [-0.39, 0.29) is 17.9 Å². The van der Waals surface area contributed by atoms with Gasteiger partial charge >= 0.3 is 6.09 Å². The number of anilines is 4. The normalized spacial score (nSPS) is 17.3. The van der Waals surface area contributed by atoms with Crippen LogP contribution in [-0.2, 0) is 4.74 Å². The van der Waals surface area contributed by atoms with Crippen LogP contribution in [0.15, 0.2) is 54.7 Å². The molecule has 2 aromatic heterocycles. The Morgan fingerprint density at radius 3 is 2.46 bits per heavy atom. The highest BCUT2D eigenvalue weighted by atomic mass is 19.1. The van der Waals surface area contributed by atoms with Crippen molar-refractivity contribution in [2.24, 2.45) is 0 Å². The lowest BCUT2D eigenvalue weighted by Crippen LogP contribution is -2.38. The van der Waals surface area contributed by atoms with Gasteiger partial charge in [-0.15, -0.1) is 0 Å². The standard InChI is InChI=1S/C26H28FN7O3/c1-36-19-13-9-16(10-14-19)29-24-28-15-22-23(33-24)34(18-11-7-17(8-12-18)30-26(35)37-2)25(32-22)31-21-6-4-3-5-20(21)27/h3-6,9-10,13-15,17-18H,7-8,11-12H2,1-2H3,(H,30,35)(H,31,32)(H,28,29,33). The molecule has 3 N–H and O–H groups in total. The first-order valence-corrected chi connectivity index (χ1v) is 12.1. The van der Waals surface area contributed by atoms with E-state index in [1.165, 1.54) is 13.2 Å². The molecule has 11 heteroatoms. The first-order valence-electron chi connectivity index (χ1n) is 12.1. The third-order valence-corrected chi connectivity index (χ3v) is 6.47. The first-order chi connectivity index (χ1) is 18.0. The molecule has 0 unspecified atom stereocenters. The number of imidazole rings is 1. The number of aromatic nitrogens is 4. The molecule has 37 heavy (non-hydrogen) atoms. The van der Waals surface area contributed by atoms with Crippen LogP contribution in [-0.4, -0.2) is 45.9 Å². The number of methoxy groups -OCH3 is 2. The highest BCUT2D eigenvalue weighted by Crippen LogP contribution is 2.35. The van der Waals surface area contributed by atoms with Crippen molar-refractivity contribution in [1.29, 1.82) is 0 Å². The molecule has 1 aliphatic carbocycles. The third kappa shape index (κ3) is 5.40. The Balaban J connectivity index is 1.47. The lowest BCUT2D eigenvalue weighted by atomic mass is 9.91. The molecule has 0 aliphatic heterocycles. The SMILES string of the molecule is COC(=O)NC1CCC(n2c(Nc3ccccc3F)nc3cnc(Nc4ccc(OC)cc4)nc32)CC1. The van der Waals surface area contributed by atoms with Gasteiger partial charge in [0.1, 0.15) is 17.1 Å². The summed E-state index contributed by atoms with van der Waals surface area (Å²) in [6, 6.07) is 14.0. The van der Waals surface area contributed by atoms with Crippen LogP contribution < -0.4 is 20.7 Å². The van der Waals surface area contributed by atoms with E-state index in [4.69, 9.17) is 19.4 Å². The highest BCUT2D eigenvalue weighted by molar-refractivity contribution is 5.77. The average molecular weight is 506 g/mol. The van der Waals surface area contributed by atoms with Crippen molar-refractivity contribution in [3.8, 4) is 5.75 Å². The number of ether oxygens (including phenoxy) is 2. The number of hydrogen-bond acceptors (Lipinski definition) is 8. The number of nitrogens with one attached hydrogen (secondary N) is 3. The monoisotopic (exact) mass is 505 g/mol. The molecule has 4 aromatic rings. The van der Waals surface area contributed by atoms with Crippen molar-refractivity contribution >= 4 is 40.5 Å². The van der Waals surface area contributed by atoms with Gasteiger partial charge in [-0.05, 0) is 62.1 Å². The molecule has 1 amide bonds. The molecule has 0 bridgehead atoms. The van der Waals surface area contributed by atoms with Gasteiger partial charge < -0.3 is 25.4 Å². The molecule has 10 nitrogen and oxygen atoms in total. The summed E-state index contributed by atoms with van der Waals surface area (Å²) in [6.07, 6.45) is 4.30. The van der Waals surface area contributed by atoms with Crippen LogP contribution in [0.2, 0.25) is 0 Å². The number of fused-ring (bicyclic) bond motifs is 1. The summed E-state index contributed by atoms with van der Waals surface area (Å²) in [5.41, 5.74) is 2.36. The van der Waals surface area contributed by atoms with E-state index >= 15 is 0 Å². The Morgan fingerprint density at radius 1 is 1.00 bits per heavy atom. The minimum absolute atomic E-state index is 0.0309. The van der Waals surface area contributed by atoms with Gasteiger partial charge in [-0.3, -0.25) is 4.57 Å². The van der Waals surface area contributed by atoms with E-state index in [0.717, 1.165) is 37.1 Å². The minimum Gasteiger partial charge on any atom is -0.497 e. The fourth-order valence-electron chi connectivity index (χ4n) is 4.58. The molecule has 5 rings (SSSR count). The first kappa shape index (κ1) is 24.3. The summed E-state index contributed by atoms with van der Waals surface area (Å²) in [5, 5.41) is 9.25. The lowest BCUT2D eigenvalue weighted by molar-refractivity contribution is 0.161. The fraction of sp³-hybridized carbons (Fsp3) is 0.308. The molecule has 1 saturated carbocycles. The van der Waals surface area contributed by atoms with E-state index in [1.54, 1.807) is 31.5 Å². The van der Waals surface area contributed by atoms with E-state index in [9.17, 15) is 9.18 Å². The molecule has 192 valence electrons. The molecule has 1 fully saturated rings. The van der Waals surface area contributed by atoms with Crippen molar-refractivity contribution < 1.29 is 18.7 Å². The quantitative estimate of drug-likeness (QED) is 0.310. The van der Waals surface area contributed by atoms with Crippen LogP contribution >= 0.6 is 0 Å². The van der Waals surface area contributed by atoms with Gasteiger partial charge in [0, 0.05) is 17.8 Å². The zero-order chi connectivity index (χ0) is 25.8. The highest BCUT2D eigenvalue weighted by Gasteiger charge is 2.28. The molecular weight excluding hydrogens is 477 g/mol. The van der Waals surface area contributed by atoms with Gasteiger partial charge in [-0.25, -0.2) is 19.2 Å². The molecular formula is C26H28FN7O3. The predicted octanol–water partition coefficient (Wildman–Crippen LogP) is 5.30. The van der Waals surface area contributed by atoms with Gasteiger partial charge in [0.25, 0.3) is 0 Å². The summed E-state index contributed by atoms with van der Waals surface area (Å²) in [4.78, 5) is 25.6. The number of hydrogen-bond donors (Lipinski definition) is 3. The second-order valence-electron chi connectivity index (χ2n) is 8.81. The number of carbonyl (C=O) groups is 1. The zero-order valence-corrected chi connectivity index (χ0v) is 20.6. The fourth-order valence-corrected chi connectivity index (χ4v) is 4.58. The second kappa shape index (κ2) is 10.7. The number of benzene rings is 2. The van der Waals surface area contributed by atoms with Gasteiger partial charge in [-0.1, -0.05) is 12.1 Å². The van der Waals surface area contributed by atoms with Crippen LogP contribution in [0.4, 0.5) is 32.5 Å². The lowest BCUT2D eigenvalue weighted by Gasteiger charge is -2.30. The van der Waals surface area contributed by atoms with Gasteiger partial charge in [0.15, 0.2) is 5.65 Å². The Morgan fingerprint density at radius 2 is 1.76 bits per heavy atom. The summed E-state index contributed by atoms with van der Waals surface area (Å²) in [7, 11) is 2.98. The van der Waals surface area contributed by atoms with Gasteiger partial charge in [-0.2, -0.15) is 4.98 Å². The number of rotatable bonds is 7. The van der Waals surface area contributed by atoms with E-state index < -0.39 is 6.09 Å². The summed E-state index contributed by atoms with van der Waals surface area (Å²) in [6.45, 7) is 0. The molecule has 0 radical (unpaired) electrons. The summed E-state index contributed by atoms with van der Waals surface area (Å²) < 4.78 is 26.4. The second-order valence-corrected chi connectivity index (χ2v) is 8.81. The predicted molar refractivity (Wildman–Crippen MR) is 138 cm³/mol. The van der Waals surface area contributed by atoms with E-state index in [2.05, 4.69) is 20.9 Å². The Kier molecular flexibility index (Phi) is 7.02. The molecule has 0 atom stereocenters. The Hall–Kier alpha value is -4.41. The maximum atomic E-state index is 14.5. The number of nitrogens with zero attached hydrogens (tertiary/aromatic N) is 4. The van der Waals surface area contributed by atoms with Crippen molar-refractivity contribution in [1.82, 2.24) is 24.8 Å². The van der Waals surface area contributed by atoms with Crippen molar-refractivity contribution in [3.63, 3.8) is 0 Å². The number of carbonyl (C=O) groups excluding carboxylic acids is 1. The van der Waals surface area contributed by atoms with Crippen LogP contribution in [0.3, 0.4) is 0 Å². The molecule has 2 aromatic carbocycles. The van der Waals surface area contributed by atoms with Crippen molar-refractivity contribution in [2.75, 3.05) is 24.9 Å². The van der Waals surface area contributed by atoms with Crippen molar-refractivity contribution in [3.05, 3.63) is 60.5 Å². The van der Waals surface area contributed by atoms with Crippen LogP contribution in [0, 0.1) is 5.82 Å². The number of halogens is 1. The summed E-state index contributed by atoms with van der Waals surface area (Å²) in [5.74, 6) is 1.28. The maximum Gasteiger partial charge on any atom is 0.407 e. The van der Waals surface area contributed by atoms with Gasteiger partial charge in [0.05, 0.1) is 26.1 Å². The maximum absolute atomic E-state index is 14.5. The van der Waals surface area contributed by atoms with Crippen molar-refractivity contribution in [2.45, 2.75) is 37.8 Å². The molecule has 1 aliphatic rings. The van der Waals surface area contributed by atoms with Crippen LogP contribution in [0.5, 0.6) is 5.75 Å². The summed E-state index contributed by atoms with van der Waals surface area (Å²) >= 11 is 0. The number of amides is 1. The number of alkyl carbamates (subject to hydrolysis) is 1. The zero-order valence-electron chi connectivity index (χ0n) is 20.6. The molecule has 0 saturated heterocycles. The molecule has 2 heterocycles. The Bertz CT molecular complexity index is 1380. The third-order valence-electron chi connectivity index (χ3n) is 6.47. The number of para-hydroxylation sites is 1. The molecule has 0 spiro atoms. The van der Waals surface area contributed by atoms with E-state index in [0.29, 0.717) is 28.7 Å². The smallest absolute Gasteiger partial charge is 0.407 e. The Labute approximate surface area is 213 Å². The average Bonchev–Trinajstić information content (AvgIpc) is 3.28. The minimum atomic E-state index is -0.430. The van der Waals surface area contributed by atoms with Crippen LogP contribution in [0.1, 0.15) is 31.7 Å². The topological polar surface area (TPSA) is 115 Å². The van der Waals surface area contributed by atoms with Crippen LogP contribution in [0.25, 0.3) is 11.2 Å². The van der Waals surface area contributed by atoms with E-state index in [1.807, 2.05) is 28.8 Å².